The van der Waals surface area contributed by atoms with Crippen molar-refractivity contribution in [3.8, 4) is 0 Å². The second kappa shape index (κ2) is 5.23. The average Bonchev–Trinajstić information content (AvgIpc) is 2.28. The van der Waals surface area contributed by atoms with Crippen LogP contribution in [0.3, 0.4) is 0 Å². The van der Waals surface area contributed by atoms with E-state index in [0.29, 0.717) is 6.54 Å². The predicted octanol–water partition coefficient (Wildman–Crippen LogP) is 1.90. The first-order chi connectivity index (χ1) is 8.15. The van der Waals surface area contributed by atoms with Gasteiger partial charge in [-0.05, 0) is 31.5 Å². The van der Waals surface area contributed by atoms with Crippen LogP contribution in [0.1, 0.15) is 12.8 Å². The lowest BCUT2D eigenvalue weighted by Crippen LogP contribution is -2.37. The Balaban J connectivity index is 2.01. The van der Waals surface area contributed by atoms with Gasteiger partial charge < -0.3 is 10.6 Å². The molecule has 1 heterocycles. The van der Waals surface area contributed by atoms with Crippen LogP contribution in [0.4, 0.5) is 14.5 Å². The fourth-order valence-corrected chi connectivity index (χ4v) is 1.95. The Kier molecular flexibility index (Phi) is 3.68. The SMILES string of the molecule is O=C(Nc1cc(F)cc(F)c1)C1CCCNC1. The normalized spacial score (nSPS) is 20.0. The first-order valence-electron chi connectivity index (χ1n) is 5.63. The molecule has 0 spiro atoms. The highest BCUT2D eigenvalue weighted by Crippen LogP contribution is 2.16. The molecule has 2 rings (SSSR count). The molecule has 1 unspecified atom stereocenters. The second-order valence-electron chi connectivity index (χ2n) is 4.19. The highest BCUT2D eigenvalue weighted by Gasteiger charge is 2.21. The average molecular weight is 240 g/mol. The predicted molar refractivity (Wildman–Crippen MR) is 60.6 cm³/mol. The number of piperidine rings is 1. The van der Waals surface area contributed by atoms with Crippen LogP contribution in [0, 0.1) is 17.6 Å². The summed E-state index contributed by atoms with van der Waals surface area (Å²) in [4.78, 5) is 11.8. The summed E-state index contributed by atoms with van der Waals surface area (Å²) in [7, 11) is 0. The molecule has 17 heavy (non-hydrogen) atoms. The summed E-state index contributed by atoms with van der Waals surface area (Å²) in [5.41, 5.74) is 0.165. The molecule has 1 saturated heterocycles. The third kappa shape index (κ3) is 3.23. The van der Waals surface area contributed by atoms with Crippen LogP contribution in [0.5, 0.6) is 0 Å². The molecule has 2 N–H and O–H groups in total. The monoisotopic (exact) mass is 240 g/mol. The standard InChI is InChI=1S/C12H14F2N2O/c13-9-4-10(14)6-11(5-9)16-12(17)8-2-1-3-15-7-8/h4-6,8,15H,1-3,7H2,(H,16,17). The van der Waals surface area contributed by atoms with Gasteiger partial charge in [-0.1, -0.05) is 0 Å². The molecule has 1 aromatic carbocycles. The fraction of sp³-hybridized carbons (Fsp3) is 0.417. The fourth-order valence-electron chi connectivity index (χ4n) is 1.95. The molecule has 92 valence electrons. The van der Waals surface area contributed by atoms with Crippen LogP contribution in [0.15, 0.2) is 18.2 Å². The van der Waals surface area contributed by atoms with Gasteiger partial charge in [-0.15, -0.1) is 0 Å². The molecule has 1 aliphatic heterocycles. The lowest BCUT2D eigenvalue weighted by Gasteiger charge is -2.21. The number of amides is 1. The van der Waals surface area contributed by atoms with Gasteiger partial charge in [-0.2, -0.15) is 0 Å². The molecule has 1 amide bonds. The number of benzene rings is 1. The number of anilines is 1. The van der Waals surface area contributed by atoms with Gasteiger partial charge in [0.25, 0.3) is 0 Å². The van der Waals surface area contributed by atoms with E-state index in [0.717, 1.165) is 37.6 Å². The minimum atomic E-state index is -0.693. The van der Waals surface area contributed by atoms with Crippen LogP contribution in [-0.4, -0.2) is 19.0 Å². The zero-order valence-electron chi connectivity index (χ0n) is 9.30. The summed E-state index contributed by atoms with van der Waals surface area (Å²) < 4.78 is 25.8. The van der Waals surface area contributed by atoms with Gasteiger partial charge in [0.05, 0.1) is 5.92 Å². The zero-order chi connectivity index (χ0) is 12.3. The highest BCUT2D eigenvalue weighted by molar-refractivity contribution is 5.92. The first kappa shape index (κ1) is 12.0. The van der Waals surface area contributed by atoms with Crippen molar-refractivity contribution >= 4 is 11.6 Å². The summed E-state index contributed by atoms with van der Waals surface area (Å²) in [5.74, 6) is -1.71. The number of halogens is 2. The van der Waals surface area contributed by atoms with Crippen molar-refractivity contribution < 1.29 is 13.6 Å². The van der Waals surface area contributed by atoms with Gasteiger partial charge in [-0.25, -0.2) is 8.78 Å². The number of hydrogen-bond donors (Lipinski definition) is 2. The van der Waals surface area contributed by atoms with Crippen LogP contribution in [0.2, 0.25) is 0 Å². The van der Waals surface area contributed by atoms with Crippen molar-refractivity contribution in [2.75, 3.05) is 18.4 Å². The molecule has 0 aliphatic carbocycles. The van der Waals surface area contributed by atoms with E-state index in [9.17, 15) is 13.6 Å². The maximum atomic E-state index is 12.9. The minimum Gasteiger partial charge on any atom is -0.326 e. The Morgan fingerprint density at radius 2 is 2.00 bits per heavy atom. The van der Waals surface area contributed by atoms with Crippen LogP contribution in [-0.2, 0) is 4.79 Å². The second-order valence-corrected chi connectivity index (χ2v) is 4.19. The minimum absolute atomic E-state index is 0.130. The molecule has 1 aliphatic rings. The van der Waals surface area contributed by atoms with Gasteiger partial charge in [0.1, 0.15) is 11.6 Å². The number of carbonyl (C=O) groups is 1. The largest absolute Gasteiger partial charge is 0.326 e. The van der Waals surface area contributed by atoms with E-state index in [1.165, 1.54) is 0 Å². The van der Waals surface area contributed by atoms with Crippen LogP contribution in [0.25, 0.3) is 0 Å². The summed E-state index contributed by atoms with van der Waals surface area (Å²) in [6, 6.07) is 2.99. The molecule has 0 aromatic heterocycles. The highest BCUT2D eigenvalue weighted by atomic mass is 19.1. The van der Waals surface area contributed by atoms with Crippen molar-refractivity contribution in [1.82, 2.24) is 5.32 Å². The third-order valence-electron chi connectivity index (χ3n) is 2.80. The maximum absolute atomic E-state index is 12.9. The molecule has 1 fully saturated rings. The Bertz CT molecular complexity index is 397. The topological polar surface area (TPSA) is 41.1 Å². The van der Waals surface area contributed by atoms with E-state index in [-0.39, 0.29) is 17.5 Å². The van der Waals surface area contributed by atoms with E-state index in [2.05, 4.69) is 10.6 Å². The van der Waals surface area contributed by atoms with Crippen molar-refractivity contribution in [3.05, 3.63) is 29.8 Å². The van der Waals surface area contributed by atoms with E-state index in [4.69, 9.17) is 0 Å². The van der Waals surface area contributed by atoms with Crippen LogP contribution < -0.4 is 10.6 Å². The molecule has 1 atom stereocenters. The number of rotatable bonds is 2. The summed E-state index contributed by atoms with van der Waals surface area (Å²) in [6.07, 6.45) is 1.74. The summed E-state index contributed by atoms with van der Waals surface area (Å²) >= 11 is 0. The molecule has 0 radical (unpaired) electrons. The molecule has 5 heteroatoms. The smallest absolute Gasteiger partial charge is 0.228 e. The zero-order valence-corrected chi connectivity index (χ0v) is 9.30. The Morgan fingerprint density at radius 3 is 2.59 bits per heavy atom. The van der Waals surface area contributed by atoms with E-state index in [1.807, 2.05) is 0 Å². The van der Waals surface area contributed by atoms with Gasteiger partial charge >= 0.3 is 0 Å². The Labute approximate surface area is 98.2 Å². The molecular weight excluding hydrogens is 226 g/mol. The maximum Gasteiger partial charge on any atom is 0.228 e. The molecule has 3 nitrogen and oxygen atoms in total. The molecule has 0 saturated carbocycles. The quantitative estimate of drug-likeness (QED) is 0.829. The lowest BCUT2D eigenvalue weighted by molar-refractivity contribution is -0.120. The Hall–Kier alpha value is -1.49. The summed E-state index contributed by atoms with van der Waals surface area (Å²) in [6.45, 7) is 1.53. The van der Waals surface area contributed by atoms with E-state index < -0.39 is 11.6 Å². The number of carbonyl (C=O) groups excluding carboxylic acids is 1. The van der Waals surface area contributed by atoms with Crippen LogP contribution >= 0.6 is 0 Å². The van der Waals surface area contributed by atoms with E-state index >= 15 is 0 Å². The van der Waals surface area contributed by atoms with Gasteiger partial charge in [0.15, 0.2) is 0 Å². The van der Waals surface area contributed by atoms with Crippen molar-refractivity contribution in [3.63, 3.8) is 0 Å². The first-order valence-corrected chi connectivity index (χ1v) is 5.63. The van der Waals surface area contributed by atoms with Gasteiger partial charge in [0, 0.05) is 18.3 Å². The molecule has 0 bridgehead atoms. The molecule has 1 aromatic rings. The summed E-state index contributed by atoms with van der Waals surface area (Å²) in [5, 5.41) is 5.65. The van der Waals surface area contributed by atoms with Crippen molar-refractivity contribution in [2.24, 2.45) is 5.92 Å². The van der Waals surface area contributed by atoms with E-state index in [1.54, 1.807) is 0 Å². The lowest BCUT2D eigenvalue weighted by atomic mass is 9.99. The number of nitrogens with one attached hydrogen (secondary N) is 2. The molecular formula is C12H14F2N2O. The van der Waals surface area contributed by atoms with Crippen molar-refractivity contribution in [1.29, 1.82) is 0 Å². The van der Waals surface area contributed by atoms with Gasteiger partial charge in [0.2, 0.25) is 5.91 Å². The van der Waals surface area contributed by atoms with Gasteiger partial charge in [-0.3, -0.25) is 4.79 Å². The number of hydrogen-bond acceptors (Lipinski definition) is 2. The van der Waals surface area contributed by atoms with Crippen molar-refractivity contribution in [2.45, 2.75) is 12.8 Å². The third-order valence-corrected chi connectivity index (χ3v) is 2.80. The Morgan fingerprint density at radius 1 is 1.29 bits per heavy atom.